The van der Waals surface area contributed by atoms with E-state index in [2.05, 4.69) is 11.8 Å². The largest absolute Gasteiger partial charge is 0.388 e. The van der Waals surface area contributed by atoms with Crippen LogP contribution in [0.3, 0.4) is 0 Å². The fourth-order valence-corrected chi connectivity index (χ4v) is 2.95. The van der Waals surface area contributed by atoms with Gasteiger partial charge in [0, 0.05) is 19.6 Å². The molecule has 1 amide bonds. The molecule has 2 aliphatic rings. The number of likely N-dealkylation sites (N-methyl/N-ethyl adjacent to an activating group) is 2. The lowest BCUT2D eigenvalue weighted by Crippen LogP contribution is -2.46. The third-order valence-corrected chi connectivity index (χ3v) is 4.30. The summed E-state index contributed by atoms with van der Waals surface area (Å²) in [6.45, 7) is 4.05. The summed E-state index contributed by atoms with van der Waals surface area (Å²) in [5, 5.41) is 10.3. The molecule has 18 heavy (non-hydrogen) atoms. The number of amides is 1. The van der Waals surface area contributed by atoms with Gasteiger partial charge in [0.25, 0.3) is 0 Å². The van der Waals surface area contributed by atoms with Crippen molar-refractivity contribution in [2.45, 2.75) is 57.1 Å². The average Bonchev–Trinajstić information content (AvgIpc) is 3.09. The Morgan fingerprint density at radius 1 is 1.33 bits per heavy atom. The molecule has 1 N–H and O–H groups in total. The summed E-state index contributed by atoms with van der Waals surface area (Å²) in [5.74, 6) is 0.143. The van der Waals surface area contributed by atoms with Gasteiger partial charge in [0.05, 0.1) is 12.1 Å². The molecule has 0 radical (unpaired) electrons. The molecule has 2 aliphatic carbocycles. The smallest absolute Gasteiger partial charge is 0.236 e. The Morgan fingerprint density at radius 3 is 2.44 bits per heavy atom. The maximum Gasteiger partial charge on any atom is 0.236 e. The number of aliphatic hydroxyl groups is 1. The van der Waals surface area contributed by atoms with Crippen LogP contribution in [-0.2, 0) is 4.79 Å². The van der Waals surface area contributed by atoms with Gasteiger partial charge in [-0.25, -0.2) is 0 Å². The zero-order valence-electron chi connectivity index (χ0n) is 11.7. The summed E-state index contributed by atoms with van der Waals surface area (Å²) in [6.07, 6.45) is 6.31. The topological polar surface area (TPSA) is 43.8 Å². The van der Waals surface area contributed by atoms with E-state index in [0.29, 0.717) is 19.1 Å². The van der Waals surface area contributed by atoms with Gasteiger partial charge in [0.2, 0.25) is 5.91 Å². The van der Waals surface area contributed by atoms with E-state index in [4.69, 9.17) is 0 Å². The monoisotopic (exact) mass is 254 g/mol. The molecule has 0 unspecified atom stereocenters. The Balaban J connectivity index is 1.80. The summed E-state index contributed by atoms with van der Waals surface area (Å²) < 4.78 is 0. The third-order valence-electron chi connectivity index (χ3n) is 4.30. The molecule has 4 nitrogen and oxygen atoms in total. The fraction of sp³-hybridized carbons (Fsp3) is 0.929. The Bertz CT molecular complexity index is 296. The summed E-state index contributed by atoms with van der Waals surface area (Å²) >= 11 is 0. The molecule has 0 saturated heterocycles. The highest BCUT2D eigenvalue weighted by molar-refractivity contribution is 5.78. The van der Waals surface area contributed by atoms with Crippen LogP contribution in [0.4, 0.5) is 0 Å². The maximum absolute atomic E-state index is 12.1. The lowest BCUT2D eigenvalue weighted by Gasteiger charge is -2.30. The second-order valence-electron chi connectivity index (χ2n) is 5.98. The molecular formula is C14H26N2O2. The first-order chi connectivity index (χ1) is 8.54. The van der Waals surface area contributed by atoms with E-state index in [1.165, 1.54) is 12.8 Å². The van der Waals surface area contributed by atoms with Crippen molar-refractivity contribution in [2.75, 3.05) is 26.7 Å². The Morgan fingerprint density at radius 2 is 1.94 bits per heavy atom. The first-order valence-corrected chi connectivity index (χ1v) is 7.24. The molecule has 0 aromatic heterocycles. The Hall–Kier alpha value is -0.610. The predicted octanol–water partition coefficient (Wildman–Crippen LogP) is 1.23. The number of hydrogen-bond acceptors (Lipinski definition) is 3. The minimum atomic E-state index is -0.624. The lowest BCUT2D eigenvalue weighted by molar-refractivity contribution is -0.134. The average molecular weight is 254 g/mol. The van der Waals surface area contributed by atoms with E-state index in [1.807, 2.05) is 7.05 Å². The number of rotatable bonds is 6. The van der Waals surface area contributed by atoms with Crippen LogP contribution < -0.4 is 0 Å². The summed E-state index contributed by atoms with van der Waals surface area (Å²) in [6, 6.07) is 0.627. The highest BCUT2D eigenvalue weighted by Crippen LogP contribution is 2.30. The second-order valence-corrected chi connectivity index (χ2v) is 5.98. The SMILES string of the molecule is CCN(CC(=O)N(C)CC1(O)CCCC1)C1CC1. The first-order valence-electron chi connectivity index (χ1n) is 7.24. The van der Waals surface area contributed by atoms with E-state index in [9.17, 15) is 9.90 Å². The van der Waals surface area contributed by atoms with Crippen LogP contribution in [-0.4, -0.2) is 59.1 Å². The minimum Gasteiger partial charge on any atom is -0.388 e. The van der Waals surface area contributed by atoms with Crippen LogP contribution in [0.5, 0.6) is 0 Å². The van der Waals surface area contributed by atoms with Crippen LogP contribution in [0.2, 0.25) is 0 Å². The van der Waals surface area contributed by atoms with Crippen molar-refractivity contribution < 1.29 is 9.90 Å². The van der Waals surface area contributed by atoms with Gasteiger partial charge in [-0.3, -0.25) is 9.69 Å². The van der Waals surface area contributed by atoms with Gasteiger partial charge >= 0.3 is 0 Å². The van der Waals surface area contributed by atoms with Crippen molar-refractivity contribution >= 4 is 5.91 Å². The predicted molar refractivity (Wildman–Crippen MR) is 71.3 cm³/mol. The van der Waals surface area contributed by atoms with Crippen molar-refractivity contribution in [1.82, 2.24) is 9.80 Å². The van der Waals surface area contributed by atoms with Gasteiger partial charge < -0.3 is 10.0 Å². The molecule has 104 valence electrons. The van der Waals surface area contributed by atoms with Gasteiger partial charge in [-0.1, -0.05) is 19.8 Å². The standard InChI is InChI=1S/C14H26N2O2/c1-3-16(12-6-7-12)10-13(17)15(2)11-14(18)8-4-5-9-14/h12,18H,3-11H2,1-2H3. The van der Waals surface area contributed by atoms with Crippen LogP contribution in [0.25, 0.3) is 0 Å². The quantitative estimate of drug-likeness (QED) is 0.775. The van der Waals surface area contributed by atoms with E-state index in [-0.39, 0.29) is 5.91 Å². The zero-order chi connectivity index (χ0) is 13.2. The van der Waals surface area contributed by atoms with Gasteiger partial charge in [-0.2, -0.15) is 0 Å². The molecule has 0 aromatic carbocycles. The highest BCUT2D eigenvalue weighted by atomic mass is 16.3. The number of nitrogens with zero attached hydrogens (tertiary/aromatic N) is 2. The molecule has 0 aromatic rings. The van der Waals surface area contributed by atoms with Gasteiger partial charge in [0.15, 0.2) is 0 Å². The molecule has 0 spiro atoms. The molecule has 0 atom stereocenters. The van der Waals surface area contributed by atoms with Crippen molar-refractivity contribution in [2.24, 2.45) is 0 Å². The van der Waals surface area contributed by atoms with Gasteiger partial charge in [-0.05, 0) is 32.2 Å². The lowest BCUT2D eigenvalue weighted by atomic mass is 10.0. The molecule has 0 heterocycles. The molecule has 2 fully saturated rings. The van der Waals surface area contributed by atoms with Crippen LogP contribution in [0.1, 0.15) is 45.4 Å². The second kappa shape index (κ2) is 5.57. The number of hydrogen-bond donors (Lipinski definition) is 1. The Kier molecular flexibility index (Phi) is 4.28. The first kappa shape index (κ1) is 13.8. The Labute approximate surface area is 110 Å². The molecular weight excluding hydrogens is 228 g/mol. The highest BCUT2D eigenvalue weighted by Gasteiger charge is 2.34. The molecule has 2 saturated carbocycles. The van der Waals surface area contributed by atoms with E-state index >= 15 is 0 Å². The molecule has 2 rings (SSSR count). The van der Waals surface area contributed by atoms with Crippen LogP contribution in [0, 0.1) is 0 Å². The van der Waals surface area contributed by atoms with Crippen molar-refractivity contribution in [3.8, 4) is 0 Å². The third kappa shape index (κ3) is 3.45. The van der Waals surface area contributed by atoms with E-state index in [0.717, 1.165) is 32.2 Å². The number of carbonyl (C=O) groups is 1. The molecule has 0 bridgehead atoms. The van der Waals surface area contributed by atoms with Gasteiger partial charge in [0.1, 0.15) is 0 Å². The van der Waals surface area contributed by atoms with E-state index in [1.54, 1.807) is 4.90 Å². The summed E-state index contributed by atoms with van der Waals surface area (Å²) in [4.78, 5) is 16.1. The number of carbonyl (C=O) groups excluding carboxylic acids is 1. The maximum atomic E-state index is 12.1. The van der Waals surface area contributed by atoms with E-state index < -0.39 is 5.60 Å². The van der Waals surface area contributed by atoms with Crippen LogP contribution >= 0.6 is 0 Å². The summed E-state index contributed by atoms with van der Waals surface area (Å²) in [5.41, 5.74) is -0.624. The van der Waals surface area contributed by atoms with Gasteiger partial charge in [-0.15, -0.1) is 0 Å². The van der Waals surface area contributed by atoms with Crippen molar-refractivity contribution in [3.63, 3.8) is 0 Å². The fourth-order valence-electron chi connectivity index (χ4n) is 2.95. The normalized spacial score (nSPS) is 22.4. The van der Waals surface area contributed by atoms with Crippen molar-refractivity contribution in [1.29, 1.82) is 0 Å². The minimum absolute atomic E-state index is 0.143. The molecule has 0 aliphatic heterocycles. The zero-order valence-corrected chi connectivity index (χ0v) is 11.7. The summed E-state index contributed by atoms with van der Waals surface area (Å²) in [7, 11) is 1.82. The molecule has 4 heteroatoms. The van der Waals surface area contributed by atoms with Crippen LogP contribution in [0.15, 0.2) is 0 Å². The van der Waals surface area contributed by atoms with Crippen molar-refractivity contribution in [3.05, 3.63) is 0 Å².